The quantitative estimate of drug-likeness (QED) is 0.551. The van der Waals surface area contributed by atoms with E-state index in [-0.39, 0.29) is 14.4 Å². The molecule has 0 saturated carbocycles. The zero-order chi connectivity index (χ0) is 9.68. The summed E-state index contributed by atoms with van der Waals surface area (Å²) in [6, 6.07) is 9.88. The van der Waals surface area contributed by atoms with Gasteiger partial charge in [0.05, 0.1) is 8.80 Å². The third-order valence-corrected chi connectivity index (χ3v) is 2.70. The molecular weight excluding hydrogens is 200 g/mol. The molecule has 1 atom stereocenters. The van der Waals surface area contributed by atoms with Gasteiger partial charge in [-0.1, -0.05) is 55.0 Å². The monoisotopic (exact) mass is 213 g/mol. The molecule has 0 fully saturated rings. The molecule has 13 heavy (non-hydrogen) atoms. The number of hydrogen-bond donors (Lipinski definition) is 0. The van der Waals surface area contributed by atoms with E-state index in [2.05, 4.69) is 13.1 Å². The molecule has 3 heteroatoms. The second-order valence-corrected chi connectivity index (χ2v) is 6.34. The molecule has 1 unspecified atom stereocenters. The summed E-state index contributed by atoms with van der Waals surface area (Å²) >= 11 is 6.04. The van der Waals surface area contributed by atoms with Crippen molar-refractivity contribution in [2.45, 2.75) is 18.7 Å². The first-order valence-electron chi connectivity index (χ1n) is 4.30. The number of benzene rings is 1. The summed E-state index contributed by atoms with van der Waals surface area (Å²) in [5.74, 6) is 0. The molecule has 0 saturated heterocycles. The van der Waals surface area contributed by atoms with Crippen LogP contribution in [0.15, 0.2) is 30.3 Å². The minimum absolute atomic E-state index is 0.291. The average molecular weight is 214 g/mol. The number of alkyl halides is 1. The van der Waals surface area contributed by atoms with Crippen LogP contribution in [0.1, 0.15) is 11.1 Å². The van der Waals surface area contributed by atoms with Crippen LogP contribution in [0, 0.1) is 0 Å². The van der Waals surface area contributed by atoms with Crippen molar-refractivity contribution in [1.82, 2.24) is 0 Å². The first-order chi connectivity index (χ1) is 6.20. The minimum atomic E-state index is -0.343. The van der Waals surface area contributed by atoms with Gasteiger partial charge in [0, 0.05) is 6.23 Å². The highest BCUT2D eigenvalue weighted by Crippen LogP contribution is 2.20. The highest BCUT2D eigenvalue weighted by atomic mass is 35.5. The first kappa shape index (κ1) is 10.8. The van der Waals surface area contributed by atoms with E-state index >= 15 is 0 Å². The summed E-state index contributed by atoms with van der Waals surface area (Å²) in [4.78, 5) is 0. The maximum atomic E-state index is 6.04. The Bertz CT molecular complexity index is 238. The standard InChI is InChI=1S/C10H14ClOSi/c1-13(2)8-12-10(11)9-6-4-3-5-7-9/h3-7,10H,8H2,1-2H3. The summed E-state index contributed by atoms with van der Waals surface area (Å²) < 4.78 is 5.50. The predicted octanol–water partition coefficient (Wildman–Crippen LogP) is 3.23. The van der Waals surface area contributed by atoms with E-state index in [4.69, 9.17) is 16.3 Å². The van der Waals surface area contributed by atoms with Crippen LogP contribution in [0.25, 0.3) is 0 Å². The van der Waals surface area contributed by atoms with Gasteiger partial charge in [0.2, 0.25) is 0 Å². The van der Waals surface area contributed by atoms with E-state index in [9.17, 15) is 0 Å². The maximum Gasteiger partial charge on any atom is 0.156 e. The lowest BCUT2D eigenvalue weighted by Crippen LogP contribution is -2.12. The lowest BCUT2D eigenvalue weighted by Gasteiger charge is -2.12. The SMILES string of the molecule is C[Si](C)COC(Cl)c1ccccc1. The fraction of sp³-hybridized carbons (Fsp3) is 0.400. The minimum Gasteiger partial charge on any atom is -0.362 e. The summed E-state index contributed by atoms with van der Waals surface area (Å²) in [6.07, 6.45) is 0.799. The molecule has 0 heterocycles. The van der Waals surface area contributed by atoms with Gasteiger partial charge in [-0.3, -0.25) is 0 Å². The molecule has 0 aliphatic carbocycles. The van der Waals surface area contributed by atoms with Crippen LogP contribution < -0.4 is 0 Å². The highest BCUT2D eigenvalue weighted by Gasteiger charge is 2.07. The zero-order valence-electron chi connectivity index (χ0n) is 7.96. The molecule has 1 aromatic carbocycles. The van der Waals surface area contributed by atoms with Gasteiger partial charge in [0.15, 0.2) is 5.56 Å². The van der Waals surface area contributed by atoms with Gasteiger partial charge in [-0.05, 0) is 5.56 Å². The molecule has 0 N–H and O–H groups in total. The number of rotatable bonds is 4. The largest absolute Gasteiger partial charge is 0.362 e. The summed E-state index contributed by atoms with van der Waals surface area (Å²) in [5.41, 5.74) is 0.744. The van der Waals surface area contributed by atoms with Crippen molar-refractivity contribution in [2.24, 2.45) is 0 Å². The van der Waals surface area contributed by atoms with Crippen LogP contribution in [0.3, 0.4) is 0 Å². The summed E-state index contributed by atoms with van der Waals surface area (Å²) in [6.45, 7) is 4.42. The van der Waals surface area contributed by atoms with Gasteiger partial charge in [0.25, 0.3) is 0 Å². The molecule has 0 aliphatic rings. The number of ether oxygens (including phenoxy) is 1. The van der Waals surface area contributed by atoms with Gasteiger partial charge in [-0.15, -0.1) is 0 Å². The second kappa shape index (κ2) is 5.42. The van der Waals surface area contributed by atoms with Crippen molar-refractivity contribution in [3.8, 4) is 0 Å². The Morgan fingerprint density at radius 1 is 1.31 bits per heavy atom. The Labute approximate surface area is 86.3 Å². The van der Waals surface area contributed by atoms with Crippen LogP contribution in [0.2, 0.25) is 13.1 Å². The smallest absolute Gasteiger partial charge is 0.156 e. The molecule has 1 rings (SSSR count). The molecule has 0 bridgehead atoms. The molecule has 0 aromatic heterocycles. The third-order valence-electron chi connectivity index (χ3n) is 1.58. The Kier molecular flexibility index (Phi) is 4.49. The Morgan fingerprint density at radius 2 is 1.92 bits per heavy atom. The van der Waals surface area contributed by atoms with Gasteiger partial charge >= 0.3 is 0 Å². The van der Waals surface area contributed by atoms with Gasteiger partial charge < -0.3 is 4.74 Å². The summed E-state index contributed by atoms with van der Waals surface area (Å²) in [5, 5.41) is 0. The van der Waals surface area contributed by atoms with Crippen LogP contribution in [0.5, 0.6) is 0 Å². The van der Waals surface area contributed by atoms with E-state index in [1.165, 1.54) is 0 Å². The molecule has 0 aliphatic heterocycles. The van der Waals surface area contributed by atoms with E-state index in [0.29, 0.717) is 0 Å². The van der Waals surface area contributed by atoms with Crippen molar-refractivity contribution in [1.29, 1.82) is 0 Å². The Balaban J connectivity index is 2.44. The van der Waals surface area contributed by atoms with Gasteiger partial charge in [-0.25, -0.2) is 0 Å². The van der Waals surface area contributed by atoms with Crippen LogP contribution >= 0.6 is 11.6 Å². The van der Waals surface area contributed by atoms with Gasteiger partial charge in [0.1, 0.15) is 0 Å². The maximum absolute atomic E-state index is 6.04. The topological polar surface area (TPSA) is 9.23 Å². The molecule has 0 spiro atoms. The van der Waals surface area contributed by atoms with Crippen LogP contribution in [-0.4, -0.2) is 15.0 Å². The Morgan fingerprint density at radius 3 is 2.46 bits per heavy atom. The second-order valence-electron chi connectivity index (χ2n) is 3.24. The normalized spacial score (nSPS) is 13.2. The van der Waals surface area contributed by atoms with Crippen molar-refractivity contribution < 1.29 is 4.74 Å². The van der Waals surface area contributed by atoms with Crippen LogP contribution in [-0.2, 0) is 4.74 Å². The highest BCUT2D eigenvalue weighted by molar-refractivity contribution is 6.55. The van der Waals surface area contributed by atoms with Crippen LogP contribution in [0.4, 0.5) is 0 Å². The van der Waals surface area contributed by atoms with E-state index in [1.54, 1.807) is 0 Å². The molecule has 1 nitrogen and oxygen atoms in total. The van der Waals surface area contributed by atoms with Crippen molar-refractivity contribution in [3.05, 3.63) is 35.9 Å². The fourth-order valence-electron chi connectivity index (χ4n) is 0.940. The molecule has 1 aromatic rings. The number of hydrogen-bond acceptors (Lipinski definition) is 1. The lowest BCUT2D eigenvalue weighted by molar-refractivity contribution is 0.147. The van der Waals surface area contributed by atoms with Crippen molar-refractivity contribution in [2.75, 3.05) is 6.23 Å². The van der Waals surface area contributed by atoms with Crippen molar-refractivity contribution in [3.63, 3.8) is 0 Å². The summed E-state index contributed by atoms with van der Waals surface area (Å²) in [7, 11) is -0.343. The lowest BCUT2D eigenvalue weighted by atomic mass is 10.2. The average Bonchev–Trinajstić information content (AvgIpc) is 2.15. The molecule has 0 amide bonds. The van der Waals surface area contributed by atoms with E-state index in [0.717, 1.165) is 11.8 Å². The number of halogens is 1. The van der Waals surface area contributed by atoms with Gasteiger partial charge in [-0.2, -0.15) is 0 Å². The fourth-order valence-corrected chi connectivity index (χ4v) is 1.75. The first-order valence-corrected chi connectivity index (χ1v) is 7.44. The van der Waals surface area contributed by atoms with E-state index in [1.807, 2.05) is 30.3 Å². The third kappa shape index (κ3) is 3.94. The Hall–Kier alpha value is -0.313. The molecular formula is C10H14ClOSi. The molecule has 71 valence electrons. The van der Waals surface area contributed by atoms with E-state index < -0.39 is 0 Å². The zero-order valence-corrected chi connectivity index (χ0v) is 9.71. The predicted molar refractivity (Wildman–Crippen MR) is 58.5 cm³/mol. The van der Waals surface area contributed by atoms with Crippen molar-refractivity contribution >= 4 is 20.4 Å². The molecule has 1 radical (unpaired) electrons.